The molecule has 10 heteroatoms. The van der Waals surface area contributed by atoms with E-state index >= 15 is 0 Å². The third-order valence-electron chi connectivity index (χ3n) is 5.23. The molecule has 4 heterocycles. The van der Waals surface area contributed by atoms with Gasteiger partial charge in [-0.15, -0.1) is 11.3 Å². The Labute approximate surface area is 199 Å². The smallest absolute Gasteiger partial charge is 0.222 e. The van der Waals surface area contributed by atoms with E-state index in [0.29, 0.717) is 29.9 Å². The maximum atomic E-state index is 6.38. The Morgan fingerprint density at radius 2 is 2.06 bits per heavy atom. The van der Waals surface area contributed by atoms with Crippen molar-refractivity contribution in [3.05, 3.63) is 76.1 Å². The number of benzene rings is 1. The van der Waals surface area contributed by atoms with Crippen LogP contribution in [0.3, 0.4) is 0 Å². The van der Waals surface area contributed by atoms with Gasteiger partial charge >= 0.3 is 0 Å². The van der Waals surface area contributed by atoms with Gasteiger partial charge in [-0.2, -0.15) is 0 Å². The van der Waals surface area contributed by atoms with Crippen LogP contribution in [0.4, 0.5) is 5.95 Å². The van der Waals surface area contributed by atoms with Crippen LogP contribution >= 0.6 is 22.9 Å². The molecule has 0 amide bonds. The summed E-state index contributed by atoms with van der Waals surface area (Å²) in [6.45, 7) is 0.762. The number of imidazole rings is 1. The van der Waals surface area contributed by atoms with Crippen molar-refractivity contribution in [2.24, 2.45) is 0 Å². The third kappa shape index (κ3) is 4.86. The number of hydrogen-bond acceptors (Lipinski definition) is 8. The Hall–Kier alpha value is -2.98. The molecule has 4 aromatic rings. The van der Waals surface area contributed by atoms with E-state index in [1.807, 2.05) is 42.5 Å². The lowest BCUT2D eigenvalue weighted by Gasteiger charge is -2.26. The lowest BCUT2D eigenvalue weighted by atomic mass is 10.1. The average molecular weight is 484 g/mol. The summed E-state index contributed by atoms with van der Waals surface area (Å²) in [5.74, 6) is 1.16. The molecule has 0 radical (unpaired) electrons. The number of aromatic nitrogens is 4. The number of H-pyrrole nitrogens is 1. The van der Waals surface area contributed by atoms with E-state index in [1.54, 1.807) is 25.6 Å². The van der Waals surface area contributed by atoms with E-state index in [-0.39, 0.29) is 6.10 Å². The molecule has 33 heavy (non-hydrogen) atoms. The quantitative estimate of drug-likeness (QED) is 0.380. The highest BCUT2D eigenvalue weighted by Crippen LogP contribution is 2.41. The number of nitrogens with one attached hydrogen (secondary N) is 2. The van der Waals surface area contributed by atoms with Crippen LogP contribution in [0, 0.1) is 0 Å². The SMILES string of the molecule is CNc1nccc(-c2ccc(OCC3COC(Cc4ncc[nH]4)(c4ccc(Cl)s4)O3)cc2)n1. The van der Waals surface area contributed by atoms with Gasteiger partial charge in [-0.25, -0.2) is 15.0 Å². The molecular formula is C23H22ClN5O3S. The van der Waals surface area contributed by atoms with Crippen LogP contribution < -0.4 is 10.1 Å². The molecule has 0 saturated carbocycles. The van der Waals surface area contributed by atoms with Gasteiger partial charge in [-0.05, 0) is 42.5 Å². The second-order valence-electron chi connectivity index (χ2n) is 7.47. The fraction of sp³-hybridized carbons (Fsp3) is 0.261. The molecule has 1 aliphatic heterocycles. The van der Waals surface area contributed by atoms with Crippen LogP contribution in [0.2, 0.25) is 4.34 Å². The predicted octanol–water partition coefficient (Wildman–Crippen LogP) is 4.51. The zero-order valence-corrected chi connectivity index (χ0v) is 19.4. The van der Waals surface area contributed by atoms with Crippen LogP contribution in [-0.2, 0) is 21.7 Å². The Kier molecular flexibility index (Phi) is 6.28. The maximum absolute atomic E-state index is 6.38. The molecule has 3 aromatic heterocycles. The highest BCUT2D eigenvalue weighted by molar-refractivity contribution is 7.16. The molecule has 0 aliphatic carbocycles. The summed E-state index contributed by atoms with van der Waals surface area (Å²) in [6.07, 6.45) is 5.44. The van der Waals surface area contributed by atoms with Crippen molar-refractivity contribution >= 4 is 28.9 Å². The lowest BCUT2D eigenvalue weighted by Crippen LogP contribution is -2.31. The molecule has 2 unspecified atom stereocenters. The molecule has 0 spiro atoms. The number of anilines is 1. The van der Waals surface area contributed by atoms with Gasteiger partial charge in [0.1, 0.15) is 24.3 Å². The first-order chi connectivity index (χ1) is 16.1. The molecule has 5 rings (SSSR count). The first kappa shape index (κ1) is 21.8. The van der Waals surface area contributed by atoms with E-state index in [2.05, 4.69) is 25.3 Å². The number of ether oxygens (including phenoxy) is 3. The lowest BCUT2D eigenvalue weighted by molar-refractivity contribution is -0.176. The van der Waals surface area contributed by atoms with Crippen molar-refractivity contribution in [2.45, 2.75) is 18.3 Å². The Bertz CT molecular complexity index is 1200. The molecule has 0 bridgehead atoms. The first-order valence-electron chi connectivity index (χ1n) is 10.4. The van der Waals surface area contributed by atoms with Gasteiger partial charge in [-0.1, -0.05) is 11.6 Å². The standard InChI is InChI=1S/C23H22ClN5O3S/c1-25-22-28-9-8-18(29-22)15-2-4-16(5-3-15)30-13-17-14-31-23(32-17,12-21-26-10-11-27-21)19-6-7-20(24)33-19/h2-11,17H,12-14H2,1H3,(H,26,27)(H,25,28,29). The molecular weight excluding hydrogens is 462 g/mol. The number of rotatable bonds is 8. The van der Waals surface area contributed by atoms with Gasteiger partial charge in [0.05, 0.1) is 27.9 Å². The number of hydrogen-bond donors (Lipinski definition) is 2. The summed E-state index contributed by atoms with van der Waals surface area (Å²) in [5.41, 5.74) is 1.82. The number of thiophene rings is 1. The van der Waals surface area contributed by atoms with Crippen LogP contribution in [-0.4, -0.2) is 46.3 Å². The Balaban J connectivity index is 1.25. The van der Waals surface area contributed by atoms with Crippen molar-refractivity contribution in [3.8, 4) is 17.0 Å². The third-order valence-corrected chi connectivity index (χ3v) is 6.58. The second-order valence-corrected chi connectivity index (χ2v) is 9.19. The summed E-state index contributed by atoms with van der Waals surface area (Å²) < 4.78 is 19.2. The van der Waals surface area contributed by atoms with Crippen LogP contribution in [0.25, 0.3) is 11.3 Å². The van der Waals surface area contributed by atoms with Crippen molar-refractivity contribution in [1.82, 2.24) is 19.9 Å². The summed E-state index contributed by atoms with van der Waals surface area (Å²) in [4.78, 5) is 17.0. The van der Waals surface area contributed by atoms with E-state index in [0.717, 1.165) is 27.7 Å². The molecule has 8 nitrogen and oxygen atoms in total. The maximum Gasteiger partial charge on any atom is 0.222 e. The number of halogens is 1. The largest absolute Gasteiger partial charge is 0.491 e. The van der Waals surface area contributed by atoms with Gasteiger partial charge in [0.15, 0.2) is 0 Å². The fourth-order valence-electron chi connectivity index (χ4n) is 3.64. The monoisotopic (exact) mass is 483 g/mol. The van der Waals surface area contributed by atoms with Crippen molar-refractivity contribution in [2.75, 3.05) is 25.6 Å². The molecule has 2 atom stereocenters. The van der Waals surface area contributed by atoms with Gasteiger partial charge in [-0.3, -0.25) is 0 Å². The normalized spacial score (nSPS) is 20.1. The Morgan fingerprint density at radius 3 is 2.79 bits per heavy atom. The summed E-state index contributed by atoms with van der Waals surface area (Å²) in [6, 6.07) is 13.4. The Morgan fingerprint density at radius 1 is 1.18 bits per heavy atom. The van der Waals surface area contributed by atoms with Crippen molar-refractivity contribution in [3.63, 3.8) is 0 Å². The molecule has 1 aromatic carbocycles. The average Bonchev–Trinajstić information content (AvgIpc) is 3.61. The topological polar surface area (TPSA) is 94.2 Å². The fourth-order valence-corrected chi connectivity index (χ4v) is 4.77. The minimum Gasteiger partial charge on any atom is -0.491 e. The molecule has 1 fully saturated rings. The molecule has 1 aliphatic rings. The van der Waals surface area contributed by atoms with Crippen LogP contribution in [0.1, 0.15) is 10.7 Å². The molecule has 2 N–H and O–H groups in total. The van der Waals surface area contributed by atoms with Gasteiger partial charge in [0, 0.05) is 31.2 Å². The number of aromatic amines is 1. The summed E-state index contributed by atoms with van der Waals surface area (Å²) >= 11 is 7.62. The van der Waals surface area contributed by atoms with Crippen molar-refractivity contribution < 1.29 is 14.2 Å². The minimum atomic E-state index is -0.939. The van der Waals surface area contributed by atoms with Gasteiger partial charge in [0.2, 0.25) is 11.7 Å². The molecule has 170 valence electrons. The first-order valence-corrected chi connectivity index (χ1v) is 11.6. The highest BCUT2D eigenvalue weighted by Gasteiger charge is 2.45. The van der Waals surface area contributed by atoms with Gasteiger partial charge < -0.3 is 24.5 Å². The summed E-state index contributed by atoms with van der Waals surface area (Å²) in [5, 5.41) is 2.95. The second kappa shape index (κ2) is 9.48. The van der Waals surface area contributed by atoms with E-state index in [1.165, 1.54) is 11.3 Å². The predicted molar refractivity (Wildman–Crippen MR) is 127 cm³/mol. The van der Waals surface area contributed by atoms with Gasteiger partial charge in [0.25, 0.3) is 0 Å². The zero-order chi connectivity index (χ0) is 22.7. The number of nitrogens with zero attached hydrogens (tertiary/aromatic N) is 3. The van der Waals surface area contributed by atoms with E-state index in [9.17, 15) is 0 Å². The van der Waals surface area contributed by atoms with E-state index < -0.39 is 5.79 Å². The minimum absolute atomic E-state index is 0.236. The van der Waals surface area contributed by atoms with Crippen LogP contribution in [0.5, 0.6) is 5.75 Å². The zero-order valence-electron chi connectivity index (χ0n) is 17.8. The molecule has 1 saturated heterocycles. The highest BCUT2D eigenvalue weighted by atomic mass is 35.5. The van der Waals surface area contributed by atoms with Crippen LogP contribution in [0.15, 0.2) is 61.1 Å². The van der Waals surface area contributed by atoms with E-state index in [4.69, 9.17) is 25.8 Å². The summed E-state index contributed by atoms with van der Waals surface area (Å²) in [7, 11) is 1.79. The van der Waals surface area contributed by atoms with Crippen molar-refractivity contribution in [1.29, 1.82) is 0 Å².